The molecule has 0 saturated carbocycles. The molecular formula is C9H16N2O2. The highest BCUT2D eigenvalue weighted by atomic mass is 16.5. The molecule has 74 valence electrons. The van der Waals surface area contributed by atoms with Gasteiger partial charge in [0.2, 0.25) is 0 Å². The van der Waals surface area contributed by atoms with E-state index in [1.54, 1.807) is 6.34 Å². The van der Waals surface area contributed by atoms with Gasteiger partial charge in [-0.1, -0.05) is 13.8 Å². The first-order chi connectivity index (χ1) is 6.10. The molecule has 0 fully saturated rings. The van der Waals surface area contributed by atoms with Gasteiger partial charge < -0.3 is 10.1 Å². The van der Waals surface area contributed by atoms with E-state index in [4.69, 9.17) is 4.74 Å². The maximum atomic E-state index is 11.5. The summed E-state index contributed by atoms with van der Waals surface area (Å²) in [6.07, 6.45) is 2.31. The molecule has 1 aliphatic heterocycles. The summed E-state index contributed by atoms with van der Waals surface area (Å²) in [7, 11) is 1.40. The highest BCUT2D eigenvalue weighted by Gasteiger charge is 2.41. The smallest absolute Gasteiger partial charge is 0.335 e. The fourth-order valence-electron chi connectivity index (χ4n) is 1.63. The Labute approximate surface area is 78.4 Å². The van der Waals surface area contributed by atoms with Crippen molar-refractivity contribution in [1.82, 2.24) is 5.32 Å². The zero-order valence-corrected chi connectivity index (χ0v) is 8.33. The summed E-state index contributed by atoms with van der Waals surface area (Å²) >= 11 is 0. The molecule has 1 unspecified atom stereocenters. The Hall–Kier alpha value is -1.06. The van der Waals surface area contributed by atoms with Gasteiger partial charge in [-0.25, -0.2) is 4.79 Å². The molecule has 0 aromatic carbocycles. The standard InChI is InChI=1S/C9H16N2O2/c1-7(2)4-9(8(12)13-3)5-10-6-11-9/h6-7H,4-5H2,1-3H3,(H,10,11). The van der Waals surface area contributed by atoms with Gasteiger partial charge in [0.05, 0.1) is 20.0 Å². The summed E-state index contributed by atoms with van der Waals surface area (Å²) in [6, 6.07) is 0. The van der Waals surface area contributed by atoms with Crippen LogP contribution >= 0.6 is 0 Å². The molecule has 1 N–H and O–H groups in total. The van der Waals surface area contributed by atoms with Crippen LogP contribution in [0.4, 0.5) is 0 Å². The zero-order chi connectivity index (χ0) is 9.90. The predicted octanol–water partition coefficient (Wildman–Crippen LogP) is 0.576. The van der Waals surface area contributed by atoms with E-state index in [2.05, 4.69) is 24.2 Å². The quantitative estimate of drug-likeness (QED) is 0.652. The van der Waals surface area contributed by atoms with Crippen LogP contribution in [0, 0.1) is 5.92 Å². The van der Waals surface area contributed by atoms with Gasteiger partial charge in [-0.15, -0.1) is 0 Å². The molecule has 1 atom stereocenters. The van der Waals surface area contributed by atoms with Crippen molar-refractivity contribution in [3.8, 4) is 0 Å². The lowest BCUT2D eigenvalue weighted by molar-refractivity contribution is -0.147. The molecule has 0 bridgehead atoms. The third-order valence-corrected chi connectivity index (χ3v) is 2.11. The molecule has 1 aliphatic rings. The Morgan fingerprint density at radius 3 is 2.85 bits per heavy atom. The van der Waals surface area contributed by atoms with Crippen LogP contribution < -0.4 is 5.32 Å². The largest absolute Gasteiger partial charge is 0.467 e. The third kappa shape index (κ3) is 1.99. The highest BCUT2D eigenvalue weighted by molar-refractivity contribution is 5.85. The van der Waals surface area contributed by atoms with Crippen molar-refractivity contribution in [3.05, 3.63) is 0 Å². The van der Waals surface area contributed by atoms with E-state index in [0.29, 0.717) is 12.5 Å². The summed E-state index contributed by atoms with van der Waals surface area (Å²) in [4.78, 5) is 15.7. The number of hydrogen-bond acceptors (Lipinski definition) is 4. The molecule has 1 heterocycles. The van der Waals surface area contributed by atoms with Crippen molar-refractivity contribution < 1.29 is 9.53 Å². The number of carbonyl (C=O) groups is 1. The van der Waals surface area contributed by atoms with Gasteiger partial charge in [-0.2, -0.15) is 0 Å². The predicted molar refractivity (Wildman–Crippen MR) is 50.7 cm³/mol. The van der Waals surface area contributed by atoms with Crippen LogP contribution in [0.3, 0.4) is 0 Å². The first-order valence-corrected chi connectivity index (χ1v) is 4.46. The molecule has 13 heavy (non-hydrogen) atoms. The van der Waals surface area contributed by atoms with Crippen LogP contribution in [0.15, 0.2) is 4.99 Å². The van der Waals surface area contributed by atoms with E-state index in [1.165, 1.54) is 7.11 Å². The van der Waals surface area contributed by atoms with Gasteiger partial charge >= 0.3 is 5.97 Å². The van der Waals surface area contributed by atoms with Crippen LogP contribution in [0.1, 0.15) is 20.3 Å². The summed E-state index contributed by atoms with van der Waals surface area (Å²) in [6.45, 7) is 4.69. The van der Waals surface area contributed by atoms with Crippen molar-refractivity contribution >= 4 is 12.3 Å². The molecule has 1 rings (SSSR count). The maximum Gasteiger partial charge on any atom is 0.335 e. The minimum absolute atomic E-state index is 0.248. The average molecular weight is 184 g/mol. The number of aliphatic imine (C=N–C) groups is 1. The van der Waals surface area contributed by atoms with Crippen molar-refractivity contribution in [2.45, 2.75) is 25.8 Å². The summed E-state index contributed by atoms with van der Waals surface area (Å²) in [5, 5.41) is 2.94. The Balaban J connectivity index is 2.75. The number of nitrogens with zero attached hydrogens (tertiary/aromatic N) is 1. The summed E-state index contributed by atoms with van der Waals surface area (Å²) in [5.41, 5.74) is -0.678. The number of methoxy groups -OCH3 is 1. The Morgan fingerprint density at radius 2 is 2.46 bits per heavy atom. The number of rotatable bonds is 3. The van der Waals surface area contributed by atoms with Gasteiger partial charge in [0.15, 0.2) is 5.54 Å². The normalized spacial score (nSPS) is 26.2. The average Bonchev–Trinajstić information content (AvgIpc) is 2.51. The Kier molecular flexibility index (Phi) is 2.90. The molecule has 0 aromatic heterocycles. The molecule has 0 radical (unpaired) electrons. The van der Waals surface area contributed by atoms with E-state index in [9.17, 15) is 4.79 Å². The number of nitrogens with one attached hydrogen (secondary N) is 1. The van der Waals surface area contributed by atoms with Crippen LogP contribution in [0.25, 0.3) is 0 Å². The summed E-state index contributed by atoms with van der Waals surface area (Å²) in [5.74, 6) is 0.179. The first kappa shape index (κ1) is 10.0. The minimum atomic E-state index is -0.678. The maximum absolute atomic E-state index is 11.5. The van der Waals surface area contributed by atoms with Crippen LogP contribution in [-0.4, -0.2) is 31.5 Å². The van der Waals surface area contributed by atoms with Gasteiger partial charge in [0.1, 0.15) is 0 Å². The lowest BCUT2D eigenvalue weighted by Crippen LogP contribution is -2.42. The Bertz CT molecular complexity index is 226. The van der Waals surface area contributed by atoms with E-state index in [0.717, 1.165) is 6.42 Å². The number of ether oxygens (including phenoxy) is 1. The molecule has 0 aromatic rings. The number of hydrogen-bond donors (Lipinski definition) is 1. The van der Waals surface area contributed by atoms with Crippen molar-refractivity contribution in [1.29, 1.82) is 0 Å². The van der Waals surface area contributed by atoms with Crippen LogP contribution in [-0.2, 0) is 9.53 Å². The molecule has 0 spiro atoms. The lowest BCUT2D eigenvalue weighted by Gasteiger charge is -2.23. The van der Waals surface area contributed by atoms with E-state index in [-0.39, 0.29) is 5.97 Å². The minimum Gasteiger partial charge on any atom is -0.467 e. The molecule has 4 heteroatoms. The molecule has 0 saturated heterocycles. The van der Waals surface area contributed by atoms with E-state index < -0.39 is 5.54 Å². The van der Waals surface area contributed by atoms with Gasteiger partial charge in [-0.05, 0) is 12.3 Å². The second kappa shape index (κ2) is 3.77. The third-order valence-electron chi connectivity index (χ3n) is 2.11. The Morgan fingerprint density at radius 1 is 1.77 bits per heavy atom. The monoisotopic (exact) mass is 184 g/mol. The van der Waals surface area contributed by atoms with Gasteiger partial charge in [-0.3, -0.25) is 4.99 Å². The van der Waals surface area contributed by atoms with Crippen LogP contribution in [0.5, 0.6) is 0 Å². The van der Waals surface area contributed by atoms with E-state index >= 15 is 0 Å². The number of esters is 1. The van der Waals surface area contributed by atoms with Crippen molar-refractivity contribution in [2.75, 3.05) is 13.7 Å². The molecule has 4 nitrogen and oxygen atoms in total. The topological polar surface area (TPSA) is 50.7 Å². The van der Waals surface area contributed by atoms with Crippen LogP contribution in [0.2, 0.25) is 0 Å². The van der Waals surface area contributed by atoms with E-state index in [1.807, 2.05) is 0 Å². The SMILES string of the molecule is COC(=O)C1(CC(C)C)CNC=N1. The van der Waals surface area contributed by atoms with Crippen molar-refractivity contribution in [3.63, 3.8) is 0 Å². The van der Waals surface area contributed by atoms with Gasteiger partial charge in [0, 0.05) is 0 Å². The highest BCUT2D eigenvalue weighted by Crippen LogP contribution is 2.24. The lowest BCUT2D eigenvalue weighted by atomic mass is 9.90. The number of carbonyl (C=O) groups excluding carboxylic acids is 1. The summed E-state index contributed by atoms with van der Waals surface area (Å²) < 4.78 is 4.75. The molecular weight excluding hydrogens is 168 g/mol. The fraction of sp³-hybridized carbons (Fsp3) is 0.778. The van der Waals surface area contributed by atoms with Gasteiger partial charge in [0.25, 0.3) is 0 Å². The second-order valence-corrected chi connectivity index (χ2v) is 3.76. The molecule has 0 amide bonds. The first-order valence-electron chi connectivity index (χ1n) is 4.46. The molecule has 0 aliphatic carbocycles. The second-order valence-electron chi connectivity index (χ2n) is 3.76. The zero-order valence-electron chi connectivity index (χ0n) is 8.33. The fourth-order valence-corrected chi connectivity index (χ4v) is 1.63. The van der Waals surface area contributed by atoms with Crippen molar-refractivity contribution in [2.24, 2.45) is 10.9 Å².